The third kappa shape index (κ3) is 3.38. The van der Waals surface area contributed by atoms with E-state index < -0.39 is 0 Å². The number of carbonyl (C=O) groups excluding carboxylic acids is 1. The van der Waals surface area contributed by atoms with Gasteiger partial charge in [-0.25, -0.2) is 0 Å². The van der Waals surface area contributed by atoms with Crippen LogP contribution in [-0.2, 0) is 11.2 Å². The lowest BCUT2D eigenvalue weighted by molar-refractivity contribution is -0.107. The maximum absolute atomic E-state index is 10.1. The van der Waals surface area contributed by atoms with Crippen molar-refractivity contribution in [3.05, 3.63) is 11.3 Å². The summed E-state index contributed by atoms with van der Waals surface area (Å²) in [5.74, 6) is 1.41. The molecule has 15 heavy (non-hydrogen) atoms. The van der Waals surface area contributed by atoms with E-state index in [2.05, 4.69) is 5.16 Å². The second-order valence-electron chi connectivity index (χ2n) is 3.37. The zero-order valence-electron chi connectivity index (χ0n) is 9.28. The molecule has 0 atom stereocenters. The van der Waals surface area contributed by atoms with Crippen molar-refractivity contribution in [2.24, 2.45) is 0 Å². The number of rotatable bonds is 7. The van der Waals surface area contributed by atoms with Crippen molar-refractivity contribution in [1.29, 1.82) is 0 Å². The number of nitrogens with zero attached hydrogens (tertiary/aromatic N) is 1. The molecule has 1 rings (SSSR count). The summed E-state index contributed by atoms with van der Waals surface area (Å²) >= 11 is 0. The van der Waals surface area contributed by atoms with Crippen LogP contribution >= 0.6 is 0 Å². The summed E-state index contributed by atoms with van der Waals surface area (Å²) in [7, 11) is 0. The van der Waals surface area contributed by atoms with Crippen LogP contribution < -0.4 is 4.74 Å². The third-order valence-corrected chi connectivity index (χ3v) is 2.23. The van der Waals surface area contributed by atoms with Gasteiger partial charge in [-0.05, 0) is 38.3 Å². The standard InChI is InChI=1S/C11H17NO3/c1-3-14-11-10(9(2)15-12-11)7-5-4-6-8-13/h8H,3-7H2,1-2H3. The summed E-state index contributed by atoms with van der Waals surface area (Å²) in [6.45, 7) is 4.39. The Morgan fingerprint density at radius 1 is 1.47 bits per heavy atom. The van der Waals surface area contributed by atoms with Crippen LogP contribution in [0.1, 0.15) is 37.5 Å². The second-order valence-corrected chi connectivity index (χ2v) is 3.37. The molecule has 0 aliphatic rings. The van der Waals surface area contributed by atoms with Crippen LogP contribution in [0.4, 0.5) is 0 Å². The van der Waals surface area contributed by atoms with Crippen molar-refractivity contribution in [2.45, 2.75) is 39.5 Å². The molecule has 0 saturated carbocycles. The highest BCUT2D eigenvalue weighted by Gasteiger charge is 2.12. The molecular formula is C11H17NO3. The van der Waals surface area contributed by atoms with Gasteiger partial charge in [-0.1, -0.05) is 0 Å². The molecule has 0 aromatic carbocycles. The van der Waals surface area contributed by atoms with Crippen molar-refractivity contribution in [2.75, 3.05) is 6.61 Å². The van der Waals surface area contributed by atoms with Crippen molar-refractivity contribution >= 4 is 6.29 Å². The van der Waals surface area contributed by atoms with E-state index in [-0.39, 0.29) is 0 Å². The molecule has 0 unspecified atom stereocenters. The van der Waals surface area contributed by atoms with Crippen LogP contribution in [-0.4, -0.2) is 18.0 Å². The fourth-order valence-corrected chi connectivity index (χ4v) is 1.43. The van der Waals surface area contributed by atoms with Gasteiger partial charge in [0, 0.05) is 6.42 Å². The van der Waals surface area contributed by atoms with Crippen molar-refractivity contribution in [3.8, 4) is 5.88 Å². The Hall–Kier alpha value is -1.32. The number of unbranched alkanes of at least 4 members (excludes halogenated alkanes) is 2. The summed E-state index contributed by atoms with van der Waals surface area (Å²) in [5.41, 5.74) is 1.03. The zero-order valence-corrected chi connectivity index (χ0v) is 9.28. The topological polar surface area (TPSA) is 52.3 Å². The zero-order chi connectivity index (χ0) is 11.1. The van der Waals surface area contributed by atoms with Crippen molar-refractivity contribution in [3.63, 3.8) is 0 Å². The van der Waals surface area contributed by atoms with Gasteiger partial charge in [-0.15, -0.1) is 0 Å². The van der Waals surface area contributed by atoms with Crippen LogP contribution in [0.2, 0.25) is 0 Å². The van der Waals surface area contributed by atoms with Gasteiger partial charge < -0.3 is 14.1 Å². The van der Waals surface area contributed by atoms with Crippen LogP contribution in [0, 0.1) is 6.92 Å². The fraction of sp³-hybridized carbons (Fsp3) is 0.636. The molecule has 0 radical (unpaired) electrons. The maximum atomic E-state index is 10.1. The van der Waals surface area contributed by atoms with Gasteiger partial charge in [0.15, 0.2) is 0 Å². The Balaban J connectivity index is 2.50. The molecule has 0 fully saturated rings. The second kappa shape index (κ2) is 6.22. The van der Waals surface area contributed by atoms with E-state index in [1.807, 2.05) is 13.8 Å². The SMILES string of the molecule is CCOc1noc(C)c1CCCCC=O. The third-order valence-electron chi connectivity index (χ3n) is 2.23. The van der Waals surface area contributed by atoms with Gasteiger partial charge in [0.1, 0.15) is 12.0 Å². The summed E-state index contributed by atoms with van der Waals surface area (Å²) in [6.07, 6.45) is 4.29. The van der Waals surface area contributed by atoms with Gasteiger partial charge in [0.05, 0.1) is 12.2 Å². The first-order valence-corrected chi connectivity index (χ1v) is 5.31. The number of aldehydes is 1. The minimum Gasteiger partial charge on any atom is -0.476 e. The lowest BCUT2D eigenvalue weighted by atomic mass is 10.1. The molecule has 0 bridgehead atoms. The molecule has 1 aromatic heterocycles. The van der Waals surface area contributed by atoms with E-state index in [1.54, 1.807) is 0 Å². The van der Waals surface area contributed by atoms with E-state index in [9.17, 15) is 4.79 Å². The smallest absolute Gasteiger partial charge is 0.257 e. The maximum Gasteiger partial charge on any atom is 0.257 e. The van der Waals surface area contributed by atoms with Gasteiger partial charge in [0.25, 0.3) is 5.88 Å². The first kappa shape index (κ1) is 11.8. The minimum absolute atomic E-state index is 0.591. The molecule has 0 spiro atoms. The average molecular weight is 211 g/mol. The number of hydrogen-bond acceptors (Lipinski definition) is 4. The van der Waals surface area contributed by atoms with Gasteiger partial charge in [-0.2, -0.15) is 0 Å². The molecule has 4 heteroatoms. The molecule has 84 valence electrons. The Kier molecular flexibility index (Phi) is 4.87. The Morgan fingerprint density at radius 2 is 2.27 bits per heavy atom. The molecule has 0 N–H and O–H groups in total. The van der Waals surface area contributed by atoms with E-state index in [0.29, 0.717) is 18.9 Å². The van der Waals surface area contributed by atoms with Crippen molar-refractivity contribution < 1.29 is 14.1 Å². The normalized spacial score (nSPS) is 10.3. The van der Waals surface area contributed by atoms with Crippen LogP contribution in [0.3, 0.4) is 0 Å². The van der Waals surface area contributed by atoms with Crippen LogP contribution in [0.25, 0.3) is 0 Å². The molecule has 0 saturated heterocycles. The Labute approximate surface area is 89.6 Å². The van der Waals surface area contributed by atoms with Gasteiger partial charge in [0.2, 0.25) is 0 Å². The highest BCUT2D eigenvalue weighted by atomic mass is 16.5. The van der Waals surface area contributed by atoms with Crippen LogP contribution in [0.5, 0.6) is 5.88 Å². The van der Waals surface area contributed by atoms with E-state index in [4.69, 9.17) is 9.26 Å². The quantitative estimate of drug-likeness (QED) is 0.513. The molecule has 1 aromatic rings. The number of carbonyl (C=O) groups is 1. The monoisotopic (exact) mass is 211 g/mol. The molecule has 1 heterocycles. The molecule has 0 aliphatic heterocycles. The highest BCUT2D eigenvalue weighted by molar-refractivity contribution is 5.48. The number of hydrogen-bond donors (Lipinski definition) is 0. The largest absolute Gasteiger partial charge is 0.476 e. The summed E-state index contributed by atoms with van der Waals surface area (Å²) < 4.78 is 10.4. The van der Waals surface area contributed by atoms with Crippen molar-refractivity contribution in [1.82, 2.24) is 5.16 Å². The highest BCUT2D eigenvalue weighted by Crippen LogP contribution is 2.22. The number of ether oxygens (including phenoxy) is 1. The Bertz CT molecular complexity index is 307. The summed E-state index contributed by atoms with van der Waals surface area (Å²) in [5, 5.41) is 3.84. The van der Waals surface area contributed by atoms with Crippen LogP contribution in [0.15, 0.2) is 4.52 Å². The molecular weight excluding hydrogens is 194 g/mol. The van der Waals surface area contributed by atoms with Gasteiger partial charge >= 0.3 is 0 Å². The van der Waals surface area contributed by atoms with E-state index >= 15 is 0 Å². The minimum atomic E-state index is 0.591. The summed E-state index contributed by atoms with van der Waals surface area (Å²) in [4.78, 5) is 10.1. The Morgan fingerprint density at radius 3 is 2.93 bits per heavy atom. The summed E-state index contributed by atoms with van der Waals surface area (Å²) in [6, 6.07) is 0. The van der Waals surface area contributed by atoms with E-state index in [0.717, 1.165) is 36.9 Å². The van der Waals surface area contributed by atoms with E-state index in [1.165, 1.54) is 0 Å². The fourth-order valence-electron chi connectivity index (χ4n) is 1.43. The molecule has 0 amide bonds. The predicted octanol–water partition coefficient (Wildman–Crippen LogP) is 2.29. The molecule has 4 nitrogen and oxygen atoms in total. The lowest BCUT2D eigenvalue weighted by Gasteiger charge is -2.01. The lowest BCUT2D eigenvalue weighted by Crippen LogP contribution is -1.96. The molecule has 0 aliphatic carbocycles. The average Bonchev–Trinajstić information content (AvgIpc) is 2.56. The number of aryl methyl sites for hydroxylation is 1. The van der Waals surface area contributed by atoms with Gasteiger partial charge in [-0.3, -0.25) is 0 Å². The first-order valence-electron chi connectivity index (χ1n) is 5.31. The first-order chi connectivity index (χ1) is 7.29. The number of aromatic nitrogens is 1. The predicted molar refractivity (Wildman–Crippen MR) is 56.0 cm³/mol.